The zero-order chi connectivity index (χ0) is 29.4. The average molecular weight is 569 g/mol. The fourth-order valence-corrected chi connectivity index (χ4v) is 5.42. The molecule has 0 aliphatic heterocycles. The number of unbranched alkanes of at least 4 members (excludes halogenated alkanes) is 20. The van der Waals surface area contributed by atoms with Gasteiger partial charge < -0.3 is 32.7 Å². The van der Waals surface area contributed by atoms with Crippen molar-refractivity contribution >= 4 is 6.03 Å². The monoisotopic (exact) mass is 569 g/mol. The van der Waals surface area contributed by atoms with Crippen molar-refractivity contribution in [2.45, 2.75) is 154 Å². The molecule has 0 aliphatic carbocycles. The van der Waals surface area contributed by atoms with Crippen LogP contribution in [-0.2, 0) is 0 Å². The number of hydrogen-bond acceptors (Lipinski definition) is 5. The summed E-state index contributed by atoms with van der Waals surface area (Å²) in [4.78, 5) is 18.3. The van der Waals surface area contributed by atoms with Crippen molar-refractivity contribution in [2.75, 3.05) is 52.4 Å². The lowest BCUT2D eigenvalue weighted by Gasteiger charge is -2.31. The van der Waals surface area contributed by atoms with Crippen LogP contribution < -0.4 is 22.9 Å². The predicted molar refractivity (Wildman–Crippen MR) is 176 cm³/mol. The maximum atomic E-state index is 13.9. The van der Waals surface area contributed by atoms with E-state index in [0.717, 1.165) is 104 Å². The first-order chi connectivity index (χ1) is 19.7. The van der Waals surface area contributed by atoms with Crippen LogP contribution in [-0.4, -0.2) is 68.2 Å². The number of carbonyl (C=O) groups excluding carboxylic acids is 1. The van der Waals surface area contributed by atoms with E-state index in [1.807, 2.05) is 0 Å². The normalized spacial score (nSPS) is 11.3. The second kappa shape index (κ2) is 32.6. The average Bonchev–Trinajstić information content (AvgIpc) is 2.96. The third-order valence-corrected chi connectivity index (χ3v) is 8.07. The number of nitrogens with two attached hydrogens (primary N) is 4. The molecule has 7 nitrogen and oxygen atoms in total. The Morgan fingerprint density at radius 3 is 0.675 bits per heavy atom. The molecule has 8 N–H and O–H groups in total. The Morgan fingerprint density at radius 2 is 0.475 bits per heavy atom. The maximum absolute atomic E-state index is 13.9. The van der Waals surface area contributed by atoms with Crippen LogP contribution in [0.3, 0.4) is 0 Å². The molecule has 2 amide bonds. The lowest BCUT2D eigenvalue weighted by molar-refractivity contribution is 0.148. The van der Waals surface area contributed by atoms with E-state index in [4.69, 9.17) is 22.9 Å². The minimum atomic E-state index is 0.289. The highest BCUT2D eigenvalue weighted by atomic mass is 16.2. The molecule has 40 heavy (non-hydrogen) atoms. The Labute approximate surface area is 249 Å². The van der Waals surface area contributed by atoms with Crippen LogP contribution in [0.5, 0.6) is 0 Å². The number of rotatable bonds is 32. The van der Waals surface area contributed by atoms with E-state index in [1.54, 1.807) is 0 Å². The van der Waals surface area contributed by atoms with Gasteiger partial charge in [-0.05, 0) is 77.5 Å². The number of urea groups is 1. The molecule has 0 saturated carbocycles. The molecule has 0 aromatic rings. The van der Waals surface area contributed by atoms with Gasteiger partial charge in [-0.15, -0.1) is 0 Å². The molecule has 0 fully saturated rings. The van der Waals surface area contributed by atoms with Gasteiger partial charge in [0.05, 0.1) is 0 Å². The number of amides is 2. The first-order valence-corrected chi connectivity index (χ1v) is 17.5. The zero-order valence-electron chi connectivity index (χ0n) is 26.7. The highest BCUT2D eigenvalue weighted by molar-refractivity contribution is 5.74. The van der Waals surface area contributed by atoms with Crippen molar-refractivity contribution < 1.29 is 4.79 Å². The summed E-state index contributed by atoms with van der Waals surface area (Å²) in [6, 6.07) is 0.289. The largest absolute Gasteiger partial charge is 0.330 e. The van der Waals surface area contributed by atoms with Crippen molar-refractivity contribution in [3.05, 3.63) is 0 Å². The van der Waals surface area contributed by atoms with Crippen molar-refractivity contribution in [3.63, 3.8) is 0 Å². The SMILES string of the molecule is NCCCCCCCCN(CCCCCCCCN)C(=O)N(CCCCCCCCN)CCCCCCCCN. The Hall–Kier alpha value is -0.890. The van der Waals surface area contributed by atoms with Gasteiger partial charge in [-0.2, -0.15) is 0 Å². The molecular formula is C33H72N6O. The van der Waals surface area contributed by atoms with E-state index >= 15 is 0 Å². The molecule has 0 aromatic carbocycles. The van der Waals surface area contributed by atoms with Gasteiger partial charge in [0.25, 0.3) is 0 Å². The highest BCUT2D eigenvalue weighted by Gasteiger charge is 2.20. The van der Waals surface area contributed by atoms with Gasteiger partial charge in [-0.25, -0.2) is 4.79 Å². The highest BCUT2D eigenvalue weighted by Crippen LogP contribution is 2.14. The van der Waals surface area contributed by atoms with Gasteiger partial charge in [0.2, 0.25) is 0 Å². The molecular weight excluding hydrogens is 496 g/mol. The summed E-state index contributed by atoms with van der Waals surface area (Å²) in [7, 11) is 0. The molecule has 0 atom stereocenters. The smallest absolute Gasteiger partial charge is 0.319 e. The molecule has 0 radical (unpaired) electrons. The van der Waals surface area contributed by atoms with E-state index < -0.39 is 0 Å². The van der Waals surface area contributed by atoms with E-state index in [9.17, 15) is 4.79 Å². The van der Waals surface area contributed by atoms with Crippen LogP contribution in [0.25, 0.3) is 0 Å². The predicted octanol–water partition coefficient (Wildman–Crippen LogP) is 6.91. The fraction of sp³-hybridized carbons (Fsp3) is 0.970. The van der Waals surface area contributed by atoms with Gasteiger partial charge in [-0.1, -0.05) is 103 Å². The van der Waals surface area contributed by atoms with E-state index in [2.05, 4.69) is 9.80 Å². The minimum Gasteiger partial charge on any atom is -0.330 e. The van der Waals surface area contributed by atoms with Crippen LogP contribution in [0.15, 0.2) is 0 Å². The summed E-state index contributed by atoms with van der Waals surface area (Å²) in [5, 5.41) is 0. The van der Waals surface area contributed by atoms with Crippen molar-refractivity contribution in [2.24, 2.45) is 22.9 Å². The molecule has 0 saturated heterocycles. The topological polar surface area (TPSA) is 128 Å². The zero-order valence-corrected chi connectivity index (χ0v) is 26.7. The van der Waals surface area contributed by atoms with E-state index in [-0.39, 0.29) is 6.03 Å². The van der Waals surface area contributed by atoms with Crippen molar-refractivity contribution in [1.29, 1.82) is 0 Å². The first-order valence-electron chi connectivity index (χ1n) is 17.5. The third-order valence-electron chi connectivity index (χ3n) is 8.07. The fourth-order valence-electron chi connectivity index (χ4n) is 5.42. The molecule has 0 heterocycles. The standard InChI is InChI=1S/C33H72N6O/c34-25-17-9-1-5-13-21-29-38(30-22-14-6-2-10-18-26-35)33(40)39(31-23-15-7-3-11-19-27-36)32-24-16-8-4-12-20-28-37/h1-32,34-37H2. The lowest BCUT2D eigenvalue weighted by atomic mass is 10.1. The number of nitrogens with zero attached hydrogens (tertiary/aromatic N) is 2. The Balaban J connectivity index is 4.86. The van der Waals surface area contributed by atoms with Crippen molar-refractivity contribution in [1.82, 2.24) is 9.80 Å². The second-order valence-electron chi connectivity index (χ2n) is 11.9. The van der Waals surface area contributed by atoms with Gasteiger partial charge in [0.15, 0.2) is 0 Å². The third kappa shape index (κ3) is 26.0. The van der Waals surface area contributed by atoms with Gasteiger partial charge in [0, 0.05) is 26.2 Å². The summed E-state index contributed by atoms with van der Waals surface area (Å²) in [6.45, 7) is 6.79. The molecule has 0 unspecified atom stereocenters. The number of hydrogen-bond donors (Lipinski definition) is 4. The maximum Gasteiger partial charge on any atom is 0.319 e. The molecule has 240 valence electrons. The van der Waals surface area contributed by atoms with Gasteiger partial charge >= 0.3 is 6.03 Å². The van der Waals surface area contributed by atoms with E-state index in [1.165, 1.54) is 103 Å². The van der Waals surface area contributed by atoms with Crippen molar-refractivity contribution in [3.8, 4) is 0 Å². The Bertz CT molecular complexity index is 429. The molecule has 0 spiro atoms. The summed E-state index contributed by atoms with van der Waals surface area (Å²) >= 11 is 0. The summed E-state index contributed by atoms with van der Waals surface area (Å²) in [6.07, 6.45) is 28.8. The number of carbonyl (C=O) groups is 1. The Kier molecular flexibility index (Phi) is 31.9. The van der Waals surface area contributed by atoms with Gasteiger partial charge in [0.1, 0.15) is 0 Å². The Morgan fingerprint density at radius 1 is 0.300 bits per heavy atom. The molecule has 0 aliphatic rings. The van der Waals surface area contributed by atoms with Crippen LogP contribution in [0, 0.1) is 0 Å². The van der Waals surface area contributed by atoms with Crippen LogP contribution >= 0.6 is 0 Å². The van der Waals surface area contributed by atoms with Crippen LogP contribution in [0.2, 0.25) is 0 Å². The molecule has 0 aromatic heterocycles. The quantitative estimate of drug-likeness (QED) is 0.0656. The molecule has 0 bridgehead atoms. The summed E-state index contributed by atoms with van der Waals surface area (Å²) < 4.78 is 0. The summed E-state index contributed by atoms with van der Waals surface area (Å²) in [5.41, 5.74) is 22.6. The summed E-state index contributed by atoms with van der Waals surface area (Å²) in [5.74, 6) is 0. The second-order valence-corrected chi connectivity index (χ2v) is 11.9. The van der Waals surface area contributed by atoms with Gasteiger partial charge in [-0.3, -0.25) is 0 Å². The first kappa shape index (κ1) is 39.1. The molecule has 0 rings (SSSR count). The minimum absolute atomic E-state index is 0.289. The van der Waals surface area contributed by atoms with Crippen LogP contribution in [0.1, 0.15) is 154 Å². The van der Waals surface area contributed by atoms with Crippen LogP contribution in [0.4, 0.5) is 4.79 Å². The lowest BCUT2D eigenvalue weighted by Crippen LogP contribution is -2.45. The van der Waals surface area contributed by atoms with E-state index in [0.29, 0.717) is 0 Å². The molecule has 7 heteroatoms.